The predicted molar refractivity (Wildman–Crippen MR) is 215 cm³/mol. The minimum absolute atomic E-state index is 0.294. The standard InChI is InChI=1S/C51H35N/c1-50(34-18-4-2-5-19-34)40-26-12-10-24-38(40)48-44(50)30-16-32-46(48)52(35-20-6-3-7-21-35)47-33-17-31-45-49(47)39-25-11-15-29-43(39)51(45)41-27-13-8-22-36(41)37-23-9-14-28-42(37)51/h2-33H,1H3. The summed E-state index contributed by atoms with van der Waals surface area (Å²) in [5, 5.41) is 0. The number of hydrogen-bond donors (Lipinski definition) is 0. The molecule has 8 aromatic rings. The zero-order chi connectivity index (χ0) is 34.4. The summed E-state index contributed by atoms with van der Waals surface area (Å²) in [5.74, 6) is 0. The molecule has 0 radical (unpaired) electrons. The van der Waals surface area contributed by atoms with Crippen LogP contribution in [-0.2, 0) is 10.8 Å². The van der Waals surface area contributed by atoms with Crippen LogP contribution in [0, 0.1) is 0 Å². The average Bonchev–Trinajstić information content (AvgIpc) is 3.80. The summed E-state index contributed by atoms with van der Waals surface area (Å²) in [6, 6.07) is 72.2. The number of fused-ring (bicyclic) bond motifs is 13. The number of para-hydroxylation sites is 1. The van der Waals surface area contributed by atoms with Gasteiger partial charge in [-0.05, 0) is 92.4 Å². The number of nitrogens with zero attached hydrogens (tertiary/aromatic N) is 1. The molecule has 11 rings (SSSR count). The molecule has 1 atom stereocenters. The van der Waals surface area contributed by atoms with Crippen LogP contribution < -0.4 is 4.90 Å². The molecular weight excluding hydrogens is 627 g/mol. The average molecular weight is 662 g/mol. The van der Waals surface area contributed by atoms with Crippen LogP contribution in [-0.4, -0.2) is 0 Å². The molecule has 0 aliphatic heterocycles. The lowest BCUT2D eigenvalue weighted by molar-refractivity contribution is 0.714. The monoisotopic (exact) mass is 661 g/mol. The Kier molecular flexibility index (Phi) is 6.08. The number of hydrogen-bond acceptors (Lipinski definition) is 1. The summed E-state index contributed by atoms with van der Waals surface area (Å²) in [7, 11) is 0. The highest BCUT2D eigenvalue weighted by atomic mass is 15.1. The van der Waals surface area contributed by atoms with Crippen molar-refractivity contribution in [3.05, 3.63) is 233 Å². The van der Waals surface area contributed by atoms with Crippen molar-refractivity contribution in [1.29, 1.82) is 0 Å². The Labute approximate surface area is 305 Å². The van der Waals surface area contributed by atoms with Gasteiger partial charge in [0.2, 0.25) is 0 Å². The molecule has 0 amide bonds. The second-order valence-electron chi connectivity index (χ2n) is 14.5. The van der Waals surface area contributed by atoms with Crippen molar-refractivity contribution in [2.75, 3.05) is 4.90 Å². The molecule has 52 heavy (non-hydrogen) atoms. The molecule has 0 N–H and O–H groups in total. The van der Waals surface area contributed by atoms with Crippen molar-refractivity contribution >= 4 is 17.1 Å². The molecule has 244 valence electrons. The van der Waals surface area contributed by atoms with Gasteiger partial charge in [0.25, 0.3) is 0 Å². The molecule has 3 aliphatic carbocycles. The van der Waals surface area contributed by atoms with Gasteiger partial charge in [-0.3, -0.25) is 0 Å². The van der Waals surface area contributed by atoms with E-state index in [0.717, 1.165) is 5.69 Å². The molecule has 1 nitrogen and oxygen atoms in total. The molecule has 0 fully saturated rings. The van der Waals surface area contributed by atoms with Gasteiger partial charge >= 0.3 is 0 Å². The molecule has 0 saturated heterocycles. The van der Waals surface area contributed by atoms with E-state index in [1.165, 1.54) is 83.7 Å². The Bertz CT molecular complexity index is 2660. The summed E-state index contributed by atoms with van der Waals surface area (Å²) in [4.78, 5) is 2.54. The maximum atomic E-state index is 2.54. The van der Waals surface area contributed by atoms with Gasteiger partial charge in [0.05, 0.1) is 16.8 Å². The Hall–Kier alpha value is -6.44. The maximum absolute atomic E-state index is 2.54. The molecule has 0 bridgehead atoms. The number of anilines is 3. The zero-order valence-corrected chi connectivity index (χ0v) is 28.9. The topological polar surface area (TPSA) is 3.24 Å². The van der Waals surface area contributed by atoms with Crippen molar-refractivity contribution in [2.45, 2.75) is 17.8 Å². The molecule has 0 saturated carbocycles. The fourth-order valence-corrected chi connectivity index (χ4v) is 10.1. The summed E-state index contributed by atoms with van der Waals surface area (Å²) >= 11 is 0. The molecule has 0 heterocycles. The second kappa shape index (κ2) is 10.8. The van der Waals surface area contributed by atoms with E-state index in [9.17, 15) is 0 Å². The largest absolute Gasteiger partial charge is 0.309 e. The van der Waals surface area contributed by atoms with Crippen LogP contribution in [0.2, 0.25) is 0 Å². The SMILES string of the molecule is CC1(c2ccccc2)c2ccccc2-c2c(N(c3ccccc3)c3cccc4c3-c3ccccc3C43c4ccccc4-c4ccccc43)cccc21. The van der Waals surface area contributed by atoms with E-state index in [4.69, 9.17) is 0 Å². The minimum atomic E-state index is -0.408. The summed E-state index contributed by atoms with van der Waals surface area (Å²) in [5.41, 5.74) is 20.0. The second-order valence-corrected chi connectivity index (χ2v) is 14.5. The van der Waals surface area contributed by atoms with E-state index in [0.29, 0.717) is 0 Å². The Morgan fingerprint density at radius 1 is 0.327 bits per heavy atom. The first-order valence-corrected chi connectivity index (χ1v) is 18.3. The van der Waals surface area contributed by atoms with Crippen molar-refractivity contribution < 1.29 is 0 Å². The van der Waals surface area contributed by atoms with E-state index in [1.54, 1.807) is 0 Å². The molecular formula is C51H35N. The van der Waals surface area contributed by atoms with E-state index in [-0.39, 0.29) is 5.41 Å². The van der Waals surface area contributed by atoms with Crippen LogP contribution >= 0.6 is 0 Å². The highest BCUT2D eigenvalue weighted by Crippen LogP contribution is 2.65. The lowest BCUT2D eigenvalue weighted by atomic mass is 9.70. The lowest BCUT2D eigenvalue weighted by Gasteiger charge is -2.33. The smallest absolute Gasteiger partial charge is 0.0726 e. The summed E-state index contributed by atoms with van der Waals surface area (Å²) < 4.78 is 0. The van der Waals surface area contributed by atoms with E-state index in [1.807, 2.05) is 0 Å². The van der Waals surface area contributed by atoms with Gasteiger partial charge in [0.15, 0.2) is 0 Å². The Morgan fingerprint density at radius 2 is 0.731 bits per heavy atom. The molecule has 1 unspecified atom stereocenters. The van der Waals surface area contributed by atoms with E-state index < -0.39 is 5.41 Å². The lowest BCUT2D eigenvalue weighted by Crippen LogP contribution is -2.26. The van der Waals surface area contributed by atoms with Crippen LogP contribution in [0.1, 0.15) is 45.9 Å². The Morgan fingerprint density at radius 3 is 1.33 bits per heavy atom. The van der Waals surface area contributed by atoms with Crippen LogP contribution in [0.4, 0.5) is 17.1 Å². The van der Waals surface area contributed by atoms with Gasteiger partial charge in [0, 0.05) is 22.2 Å². The van der Waals surface area contributed by atoms with Crippen molar-refractivity contribution in [2.24, 2.45) is 0 Å². The van der Waals surface area contributed by atoms with Crippen molar-refractivity contribution in [3.8, 4) is 33.4 Å². The van der Waals surface area contributed by atoms with Gasteiger partial charge in [-0.15, -0.1) is 0 Å². The normalized spacial score (nSPS) is 16.4. The van der Waals surface area contributed by atoms with Crippen molar-refractivity contribution in [3.63, 3.8) is 0 Å². The third-order valence-corrected chi connectivity index (χ3v) is 12.2. The highest BCUT2D eigenvalue weighted by Gasteiger charge is 2.52. The minimum Gasteiger partial charge on any atom is -0.309 e. The molecule has 1 heteroatoms. The van der Waals surface area contributed by atoms with Gasteiger partial charge in [-0.2, -0.15) is 0 Å². The Balaban J connectivity index is 1.24. The molecule has 0 aromatic heterocycles. The first-order valence-electron chi connectivity index (χ1n) is 18.3. The first kappa shape index (κ1) is 29.3. The van der Waals surface area contributed by atoms with Crippen LogP contribution in [0.15, 0.2) is 194 Å². The third kappa shape index (κ3) is 3.62. The van der Waals surface area contributed by atoms with Crippen LogP contribution in [0.25, 0.3) is 33.4 Å². The highest BCUT2D eigenvalue weighted by molar-refractivity contribution is 6.03. The van der Waals surface area contributed by atoms with Gasteiger partial charge in [0.1, 0.15) is 0 Å². The van der Waals surface area contributed by atoms with E-state index in [2.05, 4.69) is 206 Å². The van der Waals surface area contributed by atoms with Gasteiger partial charge < -0.3 is 4.90 Å². The summed E-state index contributed by atoms with van der Waals surface area (Å²) in [6.07, 6.45) is 0. The van der Waals surface area contributed by atoms with Gasteiger partial charge in [-0.25, -0.2) is 0 Å². The fraction of sp³-hybridized carbons (Fsp3) is 0.0588. The number of benzene rings is 8. The van der Waals surface area contributed by atoms with Crippen LogP contribution in [0.3, 0.4) is 0 Å². The molecule has 1 spiro atoms. The fourth-order valence-electron chi connectivity index (χ4n) is 10.1. The maximum Gasteiger partial charge on any atom is 0.0726 e. The van der Waals surface area contributed by atoms with Crippen LogP contribution in [0.5, 0.6) is 0 Å². The zero-order valence-electron chi connectivity index (χ0n) is 28.9. The van der Waals surface area contributed by atoms with Gasteiger partial charge in [-0.1, -0.05) is 170 Å². The van der Waals surface area contributed by atoms with E-state index >= 15 is 0 Å². The summed E-state index contributed by atoms with van der Waals surface area (Å²) in [6.45, 7) is 2.40. The number of rotatable bonds is 4. The molecule has 3 aliphatic rings. The molecule has 8 aromatic carbocycles. The third-order valence-electron chi connectivity index (χ3n) is 12.2. The predicted octanol–water partition coefficient (Wildman–Crippen LogP) is 12.8. The first-order chi connectivity index (χ1) is 25.7. The quantitative estimate of drug-likeness (QED) is 0.181. The van der Waals surface area contributed by atoms with Crippen molar-refractivity contribution in [1.82, 2.24) is 0 Å².